The topological polar surface area (TPSA) is 108 Å². The first kappa shape index (κ1) is 19.9. The van der Waals surface area contributed by atoms with E-state index in [0.29, 0.717) is 21.5 Å². The standard InChI is InChI=1S/C25H14O6S2/c26-22-18-11-9-14-5-1-3-7-16(14)24(18)32(28,29)20(22)13-21-23(27)19-12-10-15-6-2-4-8-17(15)25(19)33(21,30)31/h1-13,26H/p-1/b21-13-. The van der Waals surface area contributed by atoms with Crippen LogP contribution in [0.15, 0.2) is 98.5 Å². The lowest BCUT2D eigenvalue weighted by atomic mass is 10.0. The molecule has 2 aliphatic rings. The van der Waals surface area contributed by atoms with Gasteiger partial charge in [0.1, 0.15) is 4.91 Å². The Morgan fingerprint density at radius 2 is 1.15 bits per heavy atom. The quantitative estimate of drug-likeness (QED) is 0.392. The van der Waals surface area contributed by atoms with Crippen molar-refractivity contribution in [1.82, 2.24) is 0 Å². The van der Waals surface area contributed by atoms with Gasteiger partial charge in [-0.25, -0.2) is 16.8 Å². The summed E-state index contributed by atoms with van der Waals surface area (Å²) in [4.78, 5) is 11.3. The highest BCUT2D eigenvalue weighted by atomic mass is 32.2. The molecule has 2 heterocycles. The molecule has 0 atom stereocenters. The first-order valence-corrected chi connectivity index (χ1v) is 12.9. The van der Waals surface area contributed by atoms with Crippen LogP contribution in [-0.4, -0.2) is 22.6 Å². The van der Waals surface area contributed by atoms with Crippen LogP contribution in [-0.2, 0) is 19.7 Å². The number of carbonyl (C=O) groups is 1. The number of carbonyl (C=O) groups excluding carboxylic acids is 1. The van der Waals surface area contributed by atoms with Gasteiger partial charge in [0.2, 0.25) is 25.5 Å². The predicted molar refractivity (Wildman–Crippen MR) is 122 cm³/mol. The summed E-state index contributed by atoms with van der Waals surface area (Å²) in [6.07, 6.45) is 0.735. The van der Waals surface area contributed by atoms with E-state index in [9.17, 15) is 26.7 Å². The van der Waals surface area contributed by atoms with Gasteiger partial charge in [0.05, 0.1) is 14.7 Å². The second kappa shape index (κ2) is 6.40. The average molecular weight is 474 g/mol. The minimum absolute atomic E-state index is 0.0358. The zero-order valence-electron chi connectivity index (χ0n) is 16.8. The number of rotatable bonds is 1. The third-order valence-electron chi connectivity index (χ3n) is 6.07. The Morgan fingerprint density at radius 1 is 0.636 bits per heavy atom. The Morgan fingerprint density at radius 3 is 1.76 bits per heavy atom. The lowest BCUT2D eigenvalue weighted by Gasteiger charge is -2.09. The van der Waals surface area contributed by atoms with Crippen LogP contribution < -0.4 is 5.11 Å². The number of hydrogen-bond acceptors (Lipinski definition) is 6. The van der Waals surface area contributed by atoms with Gasteiger partial charge in [-0.3, -0.25) is 4.79 Å². The molecular weight excluding hydrogens is 460 g/mol. The summed E-state index contributed by atoms with van der Waals surface area (Å²) in [6, 6.07) is 19.5. The Kier molecular flexibility index (Phi) is 3.86. The van der Waals surface area contributed by atoms with Gasteiger partial charge in [0, 0.05) is 16.3 Å². The summed E-state index contributed by atoms with van der Waals surface area (Å²) in [5.74, 6) is -1.65. The van der Waals surface area contributed by atoms with Crippen molar-refractivity contribution in [2.75, 3.05) is 0 Å². The Labute approximate surface area is 188 Å². The van der Waals surface area contributed by atoms with Gasteiger partial charge < -0.3 is 5.11 Å². The number of ketones is 1. The molecule has 0 spiro atoms. The molecule has 0 unspecified atom stereocenters. The van der Waals surface area contributed by atoms with Crippen LogP contribution in [0.5, 0.6) is 0 Å². The van der Waals surface area contributed by atoms with Crippen molar-refractivity contribution < 1.29 is 26.7 Å². The van der Waals surface area contributed by atoms with Gasteiger partial charge >= 0.3 is 0 Å². The van der Waals surface area contributed by atoms with Gasteiger partial charge in [0.25, 0.3) is 0 Å². The second-order valence-corrected chi connectivity index (χ2v) is 11.6. The maximum Gasteiger partial charge on any atom is 0.211 e. The predicted octanol–water partition coefficient (Wildman–Crippen LogP) is 3.36. The zero-order chi connectivity index (χ0) is 23.1. The second-order valence-electron chi connectivity index (χ2n) is 7.86. The summed E-state index contributed by atoms with van der Waals surface area (Å²) in [6.45, 7) is 0. The van der Waals surface area contributed by atoms with E-state index in [-0.39, 0.29) is 20.9 Å². The van der Waals surface area contributed by atoms with E-state index in [2.05, 4.69) is 0 Å². The first-order valence-electron chi connectivity index (χ1n) is 9.94. The molecule has 0 bridgehead atoms. The van der Waals surface area contributed by atoms with Crippen LogP contribution in [0.3, 0.4) is 0 Å². The SMILES string of the molecule is O=C1/C(=C/C2=C([O-])c3ccc4ccccc4c3S2(=O)=O)S(=O)(=O)c2c1ccc1ccccc21. The van der Waals surface area contributed by atoms with Gasteiger partial charge in [-0.15, -0.1) is 0 Å². The van der Waals surface area contributed by atoms with Crippen LogP contribution in [0, 0.1) is 0 Å². The van der Waals surface area contributed by atoms with Crippen LogP contribution in [0.4, 0.5) is 0 Å². The fraction of sp³-hybridized carbons (Fsp3) is 0. The number of hydrogen-bond donors (Lipinski definition) is 0. The lowest BCUT2D eigenvalue weighted by Crippen LogP contribution is -2.08. The summed E-state index contributed by atoms with van der Waals surface area (Å²) in [5, 5.41) is 15.1. The van der Waals surface area contributed by atoms with Crippen molar-refractivity contribution >= 4 is 52.8 Å². The monoisotopic (exact) mass is 473 g/mol. The summed E-state index contributed by atoms with van der Waals surface area (Å²) >= 11 is 0. The number of sulfone groups is 2. The van der Waals surface area contributed by atoms with Crippen LogP contribution in [0.2, 0.25) is 0 Å². The highest BCUT2D eigenvalue weighted by Gasteiger charge is 2.42. The molecule has 162 valence electrons. The van der Waals surface area contributed by atoms with Crippen molar-refractivity contribution in [3.05, 3.63) is 99.8 Å². The fourth-order valence-corrected chi connectivity index (χ4v) is 8.18. The van der Waals surface area contributed by atoms with Crippen molar-refractivity contribution in [2.24, 2.45) is 0 Å². The van der Waals surface area contributed by atoms with E-state index in [0.717, 1.165) is 6.08 Å². The number of Topliss-reactive ketones (excluding diaryl/α,β-unsaturated/α-hetero) is 1. The number of fused-ring (bicyclic) bond motifs is 6. The van der Waals surface area contributed by atoms with Crippen LogP contribution in [0.1, 0.15) is 15.9 Å². The molecule has 0 aromatic heterocycles. The Bertz CT molecular complexity index is 1860. The normalized spacial score (nSPS) is 19.4. The minimum Gasteiger partial charge on any atom is -0.871 e. The van der Waals surface area contributed by atoms with Gasteiger partial charge in [-0.1, -0.05) is 72.5 Å². The molecular formula is C25H13O6S2-. The van der Waals surface area contributed by atoms with Gasteiger partial charge in [-0.2, -0.15) is 0 Å². The number of allylic oxidation sites excluding steroid dienone is 2. The molecule has 0 saturated carbocycles. The molecule has 6 nitrogen and oxygen atoms in total. The molecule has 0 amide bonds. The fourth-order valence-electron chi connectivity index (χ4n) is 4.56. The maximum atomic E-state index is 13.4. The largest absolute Gasteiger partial charge is 0.871 e. The average Bonchev–Trinajstić information content (AvgIpc) is 3.13. The molecule has 0 fully saturated rings. The molecule has 0 radical (unpaired) electrons. The molecule has 0 aliphatic carbocycles. The molecule has 0 saturated heterocycles. The molecule has 8 heteroatoms. The molecule has 4 aromatic rings. The summed E-state index contributed by atoms with van der Waals surface area (Å²) in [7, 11) is -8.68. The van der Waals surface area contributed by atoms with E-state index in [4.69, 9.17) is 0 Å². The van der Waals surface area contributed by atoms with E-state index in [1.807, 2.05) is 0 Å². The van der Waals surface area contributed by atoms with Crippen LogP contribution >= 0.6 is 0 Å². The van der Waals surface area contributed by atoms with Gasteiger partial charge in [0.15, 0.2) is 0 Å². The van der Waals surface area contributed by atoms with Crippen molar-refractivity contribution in [2.45, 2.75) is 9.79 Å². The summed E-state index contributed by atoms with van der Waals surface area (Å²) < 4.78 is 53.6. The van der Waals surface area contributed by atoms with Crippen molar-refractivity contribution in [1.29, 1.82) is 0 Å². The van der Waals surface area contributed by atoms with E-state index in [1.165, 1.54) is 12.1 Å². The number of benzene rings is 4. The van der Waals surface area contributed by atoms with Crippen molar-refractivity contribution in [3.63, 3.8) is 0 Å². The Hall–Kier alpha value is -3.75. The smallest absolute Gasteiger partial charge is 0.211 e. The maximum absolute atomic E-state index is 13.4. The molecule has 2 aliphatic heterocycles. The first-order chi connectivity index (χ1) is 15.7. The van der Waals surface area contributed by atoms with Crippen molar-refractivity contribution in [3.8, 4) is 0 Å². The molecule has 33 heavy (non-hydrogen) atoms. The molecule has 6 rings (SSSR count). The molecule has 0 N–H and O–H groups in total. The third kappa shape index (κ3) is 2.50. The minimum atomic E-state index is -4.34. The summed E-state index contributed by atoms with van der Waals surface area (Å²) in [5.41, 5.74) is -0.0716. The van der Waals surface area contributed by atoms with Gasteiger partial charge in [-0.05, 0) is 28.5 Å². The Balaban J connectivity index is 1.61. The van der Waals surface area contributed by atoms with Crippen LogP contribution in [0.25, 0.3) is 27.3 Å². The highest BCUT2D eigenvalue weighted by molar-refractivity contribution is 7.98. The third-order valence-corrected chi connectivity index (χ3v) is 9.79. The zero-order valence-corrected chi connectivity index (χ0v) is 18.4. The van der Waals surface area contributed by atoms with E-state index < -0.39 is 41.0 Å². The van der Waals surface area contributed by atoms with E-state index in [1.54, 1.807) is 60.7 Å². The van der Waals surface area contributed by atoms with E-state index >= 15 is 0 Å². The lowest BCUT2D eigenvalue weighted by molar-refractivity contribution is -0.244. The molecule has 4 aromatic carbocycles. The highest BCUT2D eigenvalue weighted by Crippen LogP contribution is 2.44.